The lowest BCUT2D eigenvalue weighted by atomic mass is 10.0. The van der Waals surface area contributed by atoms with Crippen LogP contribution >= 0.6 is 0 Å². The van der Waals surface area contributed by atoms with E-state index in [0.717, 1.165) is 0 Å². The number of benzene rings is 1. The first kappa shape index (κ1) is 19.7. The van der Waals surface area contributed by atoms with Gasteiger partial charge in [0.15, 0.2) is 0 Å². The molecule has 9 nitrogen and oxygen atoms in total. The summed E-state index contributed by atoms with van der Waals surface area (Å²) in [5, 5.41) is 11.2. The first-order valence-corrected chi connectivity index (χ1v) is 9.57. The van der Waals surface area contributed by atoms with E-state index in [2.05, 4.69) is 25.5 Å². The van der Waals surface area contributed by atoms with E-state index < -0.39 is 12.1 Å². The molecule has 0 aliphatic carbocycles. The molecule has 1 aromatic carbocycles. The van der Waals surface area contributed by atoms with E-state index in [9.17, 15) is 9.18 Å². The number of anilines is 2. The summed E-state index contributed by atoms with van der Waals surface area (Å²) >= 11 is 0. The second kappa shape index (κ2) is 8.05. The van der Waals surface area contributed by atoms with Crippen molar-refractivity contribution in [3.8, 4) is 11.5 Å². The molecule has 156 valence electrons. The summed E-state index contributed by atoms with van der Waals surface area (Å²) in [4.78, 5) is 22.4. The number of halogens is 1. The van der Waals surface area contributed by atoms with Crippen LogP contribution in [0.2, 0.25) is 0 Å². The highest BCUT2D eigenvalue weighted by atomic mass is 19.1. The van der Waals surface area contributed by atoms with Gasteiger partial charge in [-0.2, -0.15) is 4.98 Å². The fourth-order valence-electron chi connectivity index (χ4n) is 3.12. The van der Waals surface area contributed by atoms with Crippen LogP contribution in [-0.2, 0) is 4.74 Å². The predicted octanol–water partition coefficient (Wildman–Crippen LogP) is 3.82. The lowest BCUT2D eigenvalue weighted by Gasteiger charge is -2.23. The summed E-state index contributed by atoms with van der Waals surface area (Å²) in [6.07, 6.45) is 1.14. The zero-order valence-corrected chi connectivity index (χ0v) is 16.7. The van der Waals surface area contributed by atoms with Gasteiger partial charge in [0.1, 0.15) is 24.3 Å². The fourth-order valence-corrected chi connectivity index (χ4v) is 3.12. The minimum absolute atomic E-state index is 0.0909. The molecule has 0 radical (unpaired) electrons. The Kier molecular flexibility index (Phi) is 5.30. The number of hydrogen-bond acceptors (Lipinski definition) is 8. The number of ether oxygens (including phenoxy) is 1. The second-order valence-electron chi connectivity index (χ2n) is 7.32. The molecule has 1 amide bonds. The molecule has 1 saturated heterocycles. The summed E-state index contributed by atoms with van der Waals surface area (Å²) < 4.78 is 24.0. The van der Waals surface area contributed by atoms with E-state index in [1.54, 1.807) is 29.3 Å². The zero-order chi connectivity index (χ0) is 21.3. The molecule has 3 heterocycles. The zero-order valence-electron chi connectivity index (χ0n) is 16.7. The quantitative estimate of drug-likeness (QED) is 0.651. The normalized spacial score (nSPS) is 17.3. The number of nitrogens with one attached hydrogen (secondary N) is 1. The smallest absolute Gasteiger partial charge is 0.415 e. The first-order valence-electron chi connectivity index (χ1n) is 9.57. The summed E-state index contributed by atoms with van der Waals surface area (Å²) in [5.41, 5.74) is 0.618. The molecule has 1 N–H and O–H groups in total. The fraction of sp³-hybridized carbons (Fsp3) is 0.350. The van der Waals surface area contributed by atoms with Crippen molar-refractivity contribution < 1.29 is 18.3 Å². The SMILES string of the molecule is CC(Nc1nccc(N2C(=O)OCC2C(C)C)n1)c1nnc(-c2ccc(F)cc2)o1. The Balaban J connectivity index is 1.50. The van der Waals surface area contributed by atoms with Gasteiger partial charge in [-0.25, -0.2) is 14.2 Å². The maximum Gasteiger partial charge on any atom is 0.415 e. The molecule has 2 aromatic heterocycles. The number of aromatic nitrogens is 4. The summed E-state index contributed by atoms with van der Waals surface area (Å²) in [5.74, 6) is 1.25. The molecule has 30 heavy (non-hydrogen) atoms. The molecule has 3 aromatic rings. The van der Waals surface area contributed by atoms with Crippen LogP contribution in [0.1, 0.15) is 32.7 Å². The summed E-state index contributed by atoms with van der Waals surface area (Å²) in [6.45, 7) is 6.19. The maximum absolute atomic E-state index is 13.1. The lowest BCUT2D eigenvalue weighted by molar-refractivity contribution is 0.177. The van der Waals surface area contributed by atoms with E-state index in [1.165, 1.54) is 12.1 Å². The predicted molar refractivity (Wildman–Crippen MR) is 106 cm³/mol. The van der Waals surface area contributed by atoms with Crippen LogP contribution in [-0.4, -0.2) is 38.9 Å². The lowest BCUT2D eigenvalue weighted by Crippen LogP contribution is -2.37. The Labute approximate surface area is 172 Å². The van der Waals surface area contributed by atoms with Crippen LogP contribution in [0.5, 0.6) is 0 Å². The maximum atomic E-state index is 13.1. The van der Waals surface area contributed by atoms with Crippen LogP contribution < -0.4 is 10.2 Å². The molecular formula is C20H21FN6O3. The van der Waals surface area contributed by atoms with E-state index in [-0.39, 0.29) is 23.7 Å². The first-order chi connectivity index (χ1) is 14.4. The van der Waals surface area contributed by atoms with Gasteiger partial charge in [-0.3, -0.25) is 4.90 Å². The number of hydrogen-bond donors (Lipinski definition) is 1. The largest absolute Gasteiger partial charge is 0.447 e. The average Bonchev–Trinajstić information content (AvgIpc) is 3.36. The van der Waals surface area contributed by atoms with Gasteiger partial charge >= 0.3 is 6.09 Å². The Morgan fingerprint density at radius 2 is 1.93 bits per heavy atom. The van der Waals surface area contributed by atoms with Crippen LogP contribution in [0, 0.1) is 11.7 Å². The molecular weight excluding hydrogens is 391 g/mol. The molecule has 10 heteroatoms. The van der Waals surface area contributed by atoms with E-state index in [4.69, 9.17) is 9.15 Å². The molecule has 4 rings (SSSR count). The highest BCUT2D eigenvalue weighted by Gasteiger charge is 2.37. The molecule has 0 spiro atoms. The third-order valence-corrected chi connectivity index (χ3v) is 4.81. The van der Waals surface area contributed by atoms with Crippen LogP contribution in [0.4, 0.5) is 21.0 Å². The van der Waals surface area contributed by atoms with Gasteiger partial charge in [0.25, 0.3) is 0 Å². The van der Waals surface area contributed by atoms with E-state index in [0.29, 0.717) is 29.8 Å². The molecule has 2 unspecified atom stereocenters. The van der Waals surface area contributed by atoms with Crippen molar-refractivity contribution in [1.29, 1.82) is 0 Å². The summed E-state index contributed by atoms with van der Waals surface area (Å²) in [7, 11) is 0. The minimum atomic E-state index is -0.424. The topological polar surface area (TPSA) is 106 Å². The van der Waals surface area contributed by atoms with Crippen molar-refractivity contribution in [2.75, 3.05) is 16.8 Å². The Morgan fingerprint density at radius 3 is 2.67 bits per heavy atom. The van der Waals surface area contributed by atoms with Gasteiger partial charge in [0.05, 0.1) is 6.04 Å². The van der Waals surface area contributed by atoms with Crippen LogP contribution in [0.15, 0.2) is 40.9 Å². The van der Waals surface area contributed by atoms with Crippen molar-refractivity contribution in [2.45, 2.75) is 32.9 Å². The van der Waals surface area contributed by atoms with Crippen molar-refractivity contribution in [1.82, 2.24) is 20.2 Å². The third kappa shape index (κ3) is 3.93. The second-order valence-corrected chi connectivity index (χ2v) is 7.32. The van der Waals surface area contributed by atoms with Gasteiger partial charge in [-0.05, 0) is 43.2 Å². The van der Waals surface area contributed by atoms with Crippen molar-refractivity contribution in [3.05, 3.63) is 48.2 Å². The Bertz CT molecular complexity index is 1040. The molecule has 0 bridgehead atoms. The van der Waals surface area contributed by atoms with Crippen LogP contribution in [0.3, 0.4) is 0 Å². The van der Waals surface area contributed by atoms with Gasteiger partial charge in [-0.15, -0.1) is 10.2 Å². The Morgan fingerprint density at radius 1 is 1.17 bits per heavy atom. The van der Waals surface area contributed by atoms with Gasteiger partial charge in [-0.1, -0.05) is 13.8 Å². The number of carbonyl (C=O) groups is 1. The molecule has 1 aliphatic rings. The highest BCUT2D eigenvalue weighted by Crippen LogP contribution is 2.27. The number of amides is 1. The average molecular weight is 412 g/mol. The number of cyclic esters (lactones) is 1. The van der Waals surface area contributed by atoms with Crippen molar-refractivity contribution in [2.24, 2.45) is 5.92 Å². The standard InChI is InChI=1S/C20H21FN6O3/c1-11(2)15-10-29-20(28)27(15)16-8-9-22-19(24-16)23-12(3)17-25-26-18(30-17)13-4-6-14(21)7-5-13/h4-9,11-12,15H,10H2,1-3H3,(H,22,23,24). The van der Waals surface area contributed by atoms with Gasteiger partial charge < -0.3 is 14.5 Å². The minimum Gasteiger partial charge on any atom is -0.447 e. The number of rotatable bonds is 6. The van der Waals surface area contributed by atoms with Crippen molar-refractivity contribution in [3.63, 3.8) is 0 Å². The van der Waals surface area contributed by atoms with E-state index >= 15 is 0 Å². The molecule has 1 fully saturated rings. The molecule has 0 saturated carbocycles. The third-order valence-electron chi connectivity index (χ3n) is 4.81. The monoisotopic (exact) mass is 412 g/mol. The van der Waals surface area contributed by atoms with Crippen LogP contribution in [0.25, 0.3) is 11.5 Å². The van der Waals surface area contributed by atoms with Gasteiger partial charge in [0, 0.05) is 11.8 Å². The number of carbonyl (C=O) groups excluding carboxylic acids is 1. The molecule has 2 atom stereocenters. The number of nitrogens with zero attached hydrogens (tertiary/aromatic N) is 5. The Hall–Kier alpha value is -3.56. The van der Waals surface area contributed by atoms with Gasteiger partial charge in [0.2, 0.25) is 17.7 Å². The summed E-state index contributed by atoms with van der Waals surface area (Å²) in [6, 6.07) is 6.97. The molecule has 1 aliphatic heterocycles. The highest BCUT2D eigenvalue weighted by molar-refractivity contribution is 5.89. The van der Waals surface area contributed by atoms with E-state index in [1.807, 2.05) is 20.8 Å². The van der Waals surface area contributed by atoms with Crippen molar-refractivity contribution >= 4 is 17.9 Å².